The zero-order valence-corrected chi connectivity index (χ0v) is 19.1. The van der Waals surface area contributed by atoms with Gasteiger partial charge in [-0.25, -0.2) is 18.7 Å². The first-order valence-corrected chi connectivity index (χ1v) is 11.3. The molecule has 1 aliphatic heterocycles. The van der Waals surface area contributed by atoms with Gasteiger partial charge in [-0.05, 0) is 36.2 Å². The number of nitrogens with zero attached hydrogens (tertiary/aromatic N) is 4. The fraction of sp³-hybridized carbons (Fsp3) is 0.292. The van der Waals surface area contributed by atoms with Gasteiger partial charge in [0.15, 0.2) is 11.6 Å². The monoisotopic (exact) mass is 519 g/mol. The molecule has 1 fully saturated rings. The van der Waals surface area contributed by atoms with Crippen LogP contribution in [-0.4, -0.2) is 50.3 Å². The Morgan fingerprint density at radius 3 is 2.70 bits per heavy atom. The molecule has 6 rings (SSSR count). The molecule has 0 spiro atoms. The van der Waals surface area contributed by atoms with Crippen molar-refractivity contribution in [2.75, 3.05) is 12.3 Å². The summed E-state index contributed by atoms with van der Waals surface area (Å²) < 4.78 is 79.3. The van der Waals surface area contributed by atoms with Crippen molar-refractivity contribution < 1.29 is 36.2 Å². The quantitative estimate of drug-likeness (QED) is 0.400. The van der Waals surface area contributed by atoms with Crippen LogP contribution in [0.15, 0.2) is 36.8 Å². The molecule has 13 heteroatoms. The molecule has 0 bridgehead atoms. The molecule has 1 saturated heterocycles. The summed E-state index contributed by atoms with van der Waals surface area (Å²) in [5, 5.41) is 0. The molecule has 4 aromatic rings. The number of carbonyl (C=O) groups excluding carboxylic acids is 1. The second kappa shape index (κ2) is 8.00. The normalized spacial score (nSPS) is 21.4. The molecule has 0 radical (unpaired) electrons. The Morgan fingerprint density at radius 1 is 1.16 bits per heavy atom. The van der Waals surface area contributed by atoms with Crippen LogP contribution in [0, 0.1) is 11.6 Å². The van der Waals surface area contributed by atoms with Crippen molar-refractivity contribution >= 4 is 28.3 Å². The summed E-state index contributed by atoms with van der Waals surface area (Å²) in [5.74, 6) is -3.57. The molecule has 0 unspecified atom stereocenters. The lowest BCUT2D eigenvalue weighted by Gasteiger charge is -2.41. The summed E-state index contributed by atoms with van der Waals surface area (Å²) in [6, 6.07) is 3.50. The van der Waals surface area contributed by atoms with Crippen LogP contribution in [0.4, 0.5) is 27.8 Å². The van der Waals surface area contributed by atoms with Crippen LogP contribution >= 0.6 is 0 Å². The van der Waals surface area contributed by atoms with E-state index in [0.717, 1.165) is 18.2 Å². The fourth-order valence-corrected chi connectivity index (χ4v) is 5.24. The van der Waals surface area contributed by atoms with E-state index >= 15 is 4.39 Å². The van der Waals surface area contributed by atoms with E-state index in [0.29, 0.717) is 16.6 Å². The van der Waals surface area contributed by atoms with E-state index in [2.05, 4.69) is 14.7 Å². The van der Waals surface area contributed by atoms with Crippen molar-refractivity contribution in [2.45, 2.75) is 38.0 Å². The van der Waals surface area contributed by atoms with Crippen molar-refractivity contribution in [3.8, 4) is 5.75 Å². The van der Waals surface area contributed by atoms with Gasteiger partial charge in [-0.3, -0.25) is 9.20 Å². The molecule has 3 atom stereocenters. The van der Waals surface area contributed by atoms with Crippen molar-refractivity contribution in [3.63, 3.8) is 0 Å². The van der Waals surface area contributed by atoms with Crippen molar-refractivity contribution in [2.24, 2.45) is 0 Å². The third kappa shape index (κ3) is 3.80. The fourth-order valence-electron chi connectivity index (χ4n) is 5.24. The number of hydrogen-bond donors (Lipinski definition) is 1. The summed E-state index contributed by atoms with van der Waals surface area (Å²) in [5.41, 5.74) is 7.39. The number of fused-ring (bicyclic) bond motifs is 6. The Bertz CT molecular complexity index is 1590. The highest BCUT2D eigenvalue weighted by Gasteiger charge is 2.46. The lowest BCUT2D eigenvalue weighted by molar-refractivity contribution is -0.275. The molecule has 2 N–H and O–H groups in total. The Morgan fingerprint density at radius 2 is 1.95 bits per heavy atom. The second-order valence-corrected chi connectivity index (χ2v) is 9.09. The Labute approximate surface area is 205 Å². The summed E-state index contributed by atoms with van der Waals surface area (Å²) in [7, 11) is 0. The van der Waals surface area contributed by atoms with E-state index < -0.39 is 47.9 Å². The number of imidazole rings is 1. The van der Waals surface area contributed by atoms with Crippen LogP contribution in [0.5, 0.6) is 5.75 Å². The summed E-state index contributed by atoms with van der Waals surface area (Å²) in [6.45, 7) is 1.77. The molecule has 1 amide bonds. The molecule has 3 heterocycles. The molecule has 2 aliphatic rings. The van der Waals surface area contributed by atoms with E-state index in [1.807, 2.05) is 0 Å². The number of morpholine rings is 1. The highest BCUT2D eigenvalue weighted by molar-refractivity contribution is 5.99. The van der Waals surface area contributed by atoms with E-state index in [9.17, 15) is 22.4 Å². The Hall–Kier alpha value is -4.00. The van der Waals surface area contributed by atoms with Gasteiger partial charge in [0.25, 0.3) is 5.91 Å². The number of alkyl halides is 3. The van der Waals surface area contributed by atoms with Gasteiger partial charge in [0.2, 0.25) is 0 Å². The van der Waals surface area contributed by atoms with Gasteiger partial charge in [-0.2, -0.15) is 0 Å². The molecule has 0 saturated carbocycles. The molecule has 37 heavy (non-hydrogen) atoms. The zero-order chi connectivity index (χ0) is 26.2. The number of nitrogen functional groups attached to an aromatic ring is 1. The smallest absolute Gasteiger partial charge is 0.403 e. The minimum Gasteiger partial charge on any atom is -0.403 e. The van der Waals surface area contributed by atoms with Gasteiger partial charge in [0, 0.05) is 19.0 Å². The van der Waals surface area contributed by atoms with E-state index in [1.165, 1.54) is 23.5 Å². The maximum Gasteiger partial charge on any atom is 0.573 e. The summed E-state index contributed by atoms with van der Waals surface area (Å²) in [4.78, 5) is 23.3. The Balaban J connectivity index is 1.43. The number of aromatic nitrogens is 3. The topological polar surface area (TPSA) is 95.0 Å². The van der Waals surface area contributed by atoms with Crippen molar-refractivity contribution in [1.82, 2.24) is 19.3 Å². The SMILES string of the molecule is C[C@H]1CN(C(=O)c2cc3c(cc2F)nc(N)c2cncn23)[C@H]2c3cc(F)c(OC(F)(F)F)cc3C[C@H]2O1. The van der Waals surface area contributed by atoms with Gasteiger partial charge >= 0.3 is 6.36 Å². The summed E-state index contributed by atoms with van der Waals surface area (Å²) >= 11 is 0. The Kier molecular flexibility index (Phi) is 5.06. The first kappa shape index (κ1) is 23.4. The van der Waals surface area contributed by atoms with E-state index in [1.54, 1.807) is 11.3 Å². The van der Waals surface area contributed by atoms with Crippen LogP contribution in [0.25, 0.3) is 16.6 Å². The molecule has 1 aliphatic carbocycles. The van der Waals surface area contributed by atoms with Gasteiger partial charge in [-0.1, -0.05) is 0 Å². The van der Waals surface area contributed by atoms with E-state index in [4.69, 9.17) is 10.5 Å². The molecule has 2 aromatic heterocycles. The number of halogens is 5. The lowest BCUT2D eigenvalue weighted by Crippen LogP contribution is -2.50. The molecular formula is C24H18F5N5O3. The number of rotatable bonds is 2. The third-order valence-electron chi connectivity index (χ3n) is 6.66. The van der Waals surface area contributed by atoms with Gasteiger partial charge in [0.05, 0.1) is 47.4 Å². The number of nitrogens with two attached hydrogens (primary N) is 1. The molecular weight excluding hydrogens is 501 g/mol. The molecule has 8 nitrogen and oxygen atoms in total. The average Bonchev–Trinajstić information content (AvgIpc) is 3.42. The van der Waals surface area contributed by atoms with Gasteiger partial charge in [0.1, 0.15) is 17.2 Å². The highest BCUT2D eigenvalue weighted by Crippen LogP contribution is 2.44. The highest BCUT2D eigenvalue weighted by atomic mass is 19.4. The first-order valence-electron chi connectivity index (χ1n) is 11.3. The molecule has 2 aromatic carbocycles. The first-order chi connectivity index (χ1) is 17.5. The van der Waals surface area contributed by atoms with Crippen LogP contribution in [-0.2, 0) is 11.2 Å². The predicted molar refractivity (Wildman–Crippen MR) is 120 cm³/mol. The van der Waals surface area contributed by atoms with Crippen molar-refractivity contribution in [3.05, 3.63) is 65.1 Å². The standard InChI is InChI=1S/C24H18F5N5O3/c1-10-8-33(21-12-4-15(26)19(37-24(27,28)29)2-11(12)3-20(21)36-10)23(35)13-5-17-16(6-14(13)25)32-22(30)18-7-31-9-34(17)18/h2,4-7,9-10,20-21H,3,8H2,1H3,(H2,30,32)/t10-,20+,21-/m0/s1. The number of hydrogen-bond acceptors (Lipinski definition) is 6. The minimum atomic E-state index is -5.07. The maximum absolute atomic E-state index is 15.2. The zero-order valence-electron chi connectivity index (χ0n) is 19.1. The second-order valence-electron chi connectivity index (χ2n) is 9.09. The van der Waals surface area contributed by atoms with Crippen LogP contribution in [0.1, 0.15) is 34.5 Å². The van der Waals surface area contributed by atoms with Gasteiger partial charge < -0.3 is 20.1 Å². The predicted octanol–water partition coefficient (Wildman–Crippen LogP) is 4.17. The lowest BCUT2D eigenvalue weighted by atomic mass is 10.0. The van der Waals surface area contributed by atoms with Crippen LogP contribution < -0.4 is 10.5 Å². The number of anilines is 1. The van der Waals surface area contributed by atoms with Crippen LogP contribution in [0.3, 0.4) is 0 Å². The summed E-state index contributed by atoms with van der Waals surface area (Å²) in [6.07, 6.45) is -3.11. The largest absolute Gasteiger partial charge is 0.573 e. The maximum atomic E-state index is 15.2. The van der Waals surface area contributed by atoms with Crippen LogP contribution in [0.2, 0.25) is 0 Å². The average molecular weight is 519 g/mol. The number of amides is 1. The third-order valence-corrected chi connectivity index (χ3v) is 6.66. The van der Waals surface area contributed by atoms with E-state index in [-0.39, 0.29) is 35.4 Å². The van der Waals surface area contributed by atoms with Crippen molar-refractivity contribution in [1.29, 1.82) is 0 Å². The number of benzene rings is 2. The molecule has 192 valence electrons. The number of ether oxygens (including phenoxy) is 2. The minimum absolute atomic E-state index is 0.0554. The number of carbonyl (C=O) groups is 1. The van der Waals surface area contributed by atoms with Gasteiger partial charge in [-0.15, -0.1) is 13.2 Å².